The molecule has 116 valence electrons. The third-order valence-electron chi connectivity index (χ3n) is 3.16. The zero-order chi connectivity index (χ0) is 15.3. The van der Waals surface area contributed by atoms with Crippen LogP contribution in [0.5, 0.6) is 0 Å². The first-order valence-electron chi connectivity index (χ1n) is 7.71. The first kappa shape index (κ1) is 17.7. The average molecular weight is 290 g/mol. The van der Waals surface area contributed by atoms with E-state index in [9.17, 15) is 10.2 Å². The van der Waals surface area contributed by atoms with Crippen LogP contribution in [0.1, 0.15) is 50.7 Å². The Morgan fingerprint density at radius 3 is 2.52 bits per heavy atom. The van der Waals surface area contributed by atoms with E-state index in [1.165, 1.54) is 19.3 Å². The number of rotatable bonds is 9. The van der Waals surface area contributed by atoms with Crippen molar-refractivity contribution in [3.05, 3.63) is 35.9 Å². The standard InChI is InChI=1S/C18H26O3/c1-2-3-4-5-6-10-13-17(19)14-21-15-18(20)16-11-8-7-9-12-16/h7-9,11-12,17-20H,2-6,14-15H2,1H3. The zero-order valence-corrected chi connectivity index (χ0v) is 12.8. The van der Waals surface area contributed by atoms with Gasteiger partial charge in [-0.25, -0.2) is 0 Å². The molecule has 0 bridgehead atoms. The second-order valence-corrected chi connectivity index (χ2v) is 5.11. The van der Waals surface area contributed by atoms with Gasteiger partial charge in [-0.05, 0) is 12.0 Å². The van der Waals surface area contributed by atoms with Crippen LogP contribution in [0.15, 0.2) is 30.3 Å². The summed E-state index contributed by atoms with van der Waals surface area (Å²) in [6.07, 6.45) is 4.11. The lowest BCUT2D eigenvalue weighted by atomic mass is 10.1. The Bertz CT molecular complexity index is 419. The van der Waals surface area contributed by atoms with Crippen molar-refractivity contribution in [2.45, 2.75) is 51.2 Å². The van der Waals surface area contributed by atoms with Crippen molar-refractivity contribution in [3.63, 3.8) is 0 Å². The number of benzene rings is 1. The minimum Gasteiger partial charge on any atom is -0.386 e. The molecule has 0 fully saturated rings. The van der Waals surface area contributed by atoms with Gasteiger partial charge >= 0.3 is 0 Å². The molecule has 3 heteroatoms. The molecular weight excluding hydrogens is 264 g/mol. The lowest BCUT2D eigenvalue weighted by Crippen LogP contribution is -2.16. The van der Waals surface area contributed by atoms with Crippen LogP contribution in [-0.2, 0) is 4.74 Å². The van der Waals surface area contributed by atoms with Crippen LogP contribution in [0.2, 0.25) is 0 Å². The van der Waals surface area contributed by atoms with Crippen molar-refractivity contribution >= 4 is 0 Å². The second-order valence-electron chi connectivity index (χ2n) is 5.11. The predicted octanol–water partition coefficient (Wildman–Crippen LogP) is 3.07. The number of ether oxygens (including phenoxy) is 1. The van der Waals surface area contributed by atoms with E-state index in [-0.39, 0.29) is 13.2 Å². The van der Waals surface area contributed by atoms with Crippen molar-refractivity contribution in [2.24, 2.45) is 0 Å². The van der Waals surface area contributed by atoms with Gasteiger partial charge in [0.1, 0.15) is 12.2 Å². The molecule has 0 aromatic heterocycles. The first-order chi connectivity index (χ1) is 10.2. The summed E-state index contributed by atoms with van der Waals surface area (Å²) >= 11 is 0. The van der Waals surface area contributed by atoms with Gasteiger partial charge in [-0.1, -0.05) is 62.4 Å². The van der Waals surface area contributed by atoms with E-state index in [2.05, 4.69) is 18.8 Å². The van der Waals surface area contributed by atoms with Gasteiger partial charge in [0.05, 0.1) is 13.2 Å². The molecule has 0 aliphatic heterocycles. The Balaban J connectivity index is 2.13. The summed E-state index contributed by atoms with van der Waals surface area (Å²) in [6.45, 7) is 2.47. The molecule has 0 aliphatic rings. The van der Waals surface area contributed by atoms with Crippen LogP contribution in [0, 0.1) is 11.8 Å². The Labute approximate surface area is 128 Å². The number of aliphatic hydroxyl groups excluding tert-OH is 2. The summed E-state index contributed by atoms with van der Waals surface area (Å²) in [5.41, 5.74) is 0.814. The third-order valence-corrected chi connectivity index (χ3v) is 3.16. The molecule has 0 spiro atoms. The molecule has 2 unspecified atom stereocenters. The Morgan fingerprint density at radius 1 is 1.05 bits per heavy atom. The van der Waals surface area contributed by atoms with Gasteiger partial charge in [0.15, 0.2) is 0 Å². The average Bonchev–Trinajstić information content (AvgIpc) is 2.51. The molecule has 0 aliphatic carbocycles. The highest BCUT2D eigenvalue weighted by Gasteiger charge is 2.08. The summed E-state index contributed by atoms with van der Waals surface area (Å²) in [4.78, 5) is 0. The molecule has 21 heavy (non-hydrogen) atoms. The second kappa shape index (κ2) is 11.3. The van der Waals surface area contributed by atoms with Crippen LogP contribution in [0.25, 0.3) is 0 Å². The molecule has 2 atom stereocenters. The normalized spacial score (nSPS) is 13.3. The van der Waals surface area contributed by atoms with E-state index in [0.29, 0.717) is 0 Å². The maximum atomic E-state index is 9.89. The third kappa shape index (κ3) is 8.52. The molecule has 0 saturated carbocycles. The van der Waals surface area contributed by atoms with Crippen LogP contribution < -0.4 is 0 Å². The summed E-state index contributed by atoms with van der Waals surface area (Å²) in [6, 6.07) is 9.34. The predicted molar refractivity (Wildman–Crippen MR) is 84.8 cm³/mol. The van der Waals surface area contributed by atoms with Crippen LogP contribution in [0.3, 0.4) is 0 Å². The summed E-state index contributed by atoms with van der Waals surface area (Å²) in [5.74, 6) is 5.74. The van der Waals surface area contributed by atoms with E-state index in [0.717, 1.165) is 18.4 Å². The van der Waals surface area contributed by atoms with E-state index in [4.69, 9.17) is 4.74 Å². The molecule has 0 amide bonds. The van der Waals surface area contributed by atoms with Crippen LogP contribution >= 0.6 is 0 Å². The van der Waals surface area contributed by atoms with Crippen molar-refractivity contribution < 1.29 is 14.9 Å². The van der Waals surface area contributed by atoms with Crippen LogP contribution in [-0.4, -0.2) is 29.5 Å². The maximum Gasteiger partial charge on any atom is 0.137 e. The fourth-order valence-corrected chi connectivity index (χ4v) is 1.93. The highest BCUT2D eigenvalue weighted by atomic mass is 16.5. The minimum atomic E-state index is -0.779. The number of unbranched alkanes of at least 4 members (excludes halogenated alkanes) is 4. The molecule has 0 saturated heterocycles. The van der Waals surface area contributed by atoms with Gasteiger partial charge in [0.25, 0.3) is 0 Å². The topological polar surface area (TPSA) is 49.7 Å². The molecule has 0 radical (unpaired) electrons. The van der Waals surface area contributed by atoms with Gasteiger partial charge in [-0.2, -0.15) is 0 Å². The Morgan fingerprint density at radius 2 is 1.81 bits per heavy atom. The molecule has 1 aromatic carbocycles. The monoisotopic (exact) mass is 290 g/mol. The quantitative estimate of drug-likeness (QED) is 0.543. The Hall–Kier alpha value is -1.34. The Kier molecular flexibility index (Phi) is 9.56. The lowest BCUT2D eigenvalue weighted by Gasteiger charge is -2.12. The van der Waals surface area contributed by atoms with Gasteiger partial charge in [0, 0.05) is 6.42 Å². The number of hydrogen-bond donors (Lipinski definition) is 2. The van der Waals surface area contributed by atoms with Crippen molar-refractivity contribution in [1.29, 1.82) is 0 Å². The van der Waals surface area contributed by atoms with Crippen molar-refractivity contribution in [2.75, 3.05) is 13.2 Å². The zero-order valence-electron chi connectivity index (χ0n) is 12.8. The van der Waals surface area contributed by atoms with Gasteiger partial charge < -0.3 is 14.9 Å². The van der Waals surface area contributed by atoms with E-state index in [1.807, 2.05) is 30.3 Å². The molecule has 1 aromatic rings. The maximum absolute atomic E-state index is 9.89. The van der Waals surface area contributed by atoms with Gasteiger partial charge in [-0.3, -0.25) is 0 Å². The van der Waals surface area contributed by atoms with E-state index < -0.39 is 12.2 Å². The van der Waals surface area contributed by atoms with Crippen molar-refractivity contribution in [3.8, 4) is 11.8 Å². The van der Waals surface area contributed by atoms with Crippen molar-refractivity contribution in [1.82, 2.24) is 0 Å². The minimum absolute atomic E-state index is 0.131. The lowest BCUT2D eigenvalue weighted by molar-refractivity contribution is 0.00665. The molecule has 1 rings (SSSR count). The SMILES string of the molecule is CCCCCCC#CC(O)COCC(O)c1ccccc1. The highest BCUT2D eigenvalue weighted by Crippen LogP contribution is 2.12. The fraction of sp³-hybridized carbons (Fsp3) is 0.556. The smallest absolute Gasteiger partial charge is 0.137 e. The number of hydrogen-bond acceptors (Lipinski definition) is 3. The molecular formula is C18H26O3. The summed E-state index contributed by atoms with van der Waals surface area (Å²) < 4.78 is 5.30. The van der Waals surface area contributed by atoms with Gasteiger partial charge in [-0.15, -0.1) is 5.92 Å². The highest BCUT2D eigenvalue weighted by molar-refractivity contribution is 5.17. The largest absolute Gasteiger partial charge is 0.386 e. The van der Waals surface area contributed by atoms with E-state index in [1.54, 1.807) is 0 Å². The first-order valence-corrected chi connectivity index (χ1v) is 7.71. The fourth-order valence-electron chi connectivity index (χ4n) is 1.93. The summed E-state index contributed by atoms with van der Waals surface area (Å²) in [5, 5.41) is 19.5. The van der Waals surface area contributed by atoms with Gasteiger partial charge in [0.2, 0.25) is 0 Å². The molecule has 2 N–H and O–H groups in total. The summed E-state index contributed by atoms with van der Waals surface area (Å²) in [7, 11) is 0. The van der Waals surface area contributed by atoms with Crippen LogP contribution in [0.4, 0.5) is 0 Å². The molecule has 0 heterocycles. The van der Waals surface area contributed by atoms with E-state index >= 15 is 0 Å². The number of aliphatic hydroxyl groups is 2. The molecule has 3 nitrogen and oxygen atoms in total.